The van der Waals surface area contributed by atoms with Gasteiger partial charge in [-0.3, -0.25) is 0 Å². The second-order valence-electron chi connectivity index (χ2n) is 7.03. The van der Waals surface area contributed by atoms with E-state index >= 15 is 0 Å². The smallest absolute Gasteiger partial charge is 0.175 e. The van der Waals surface area contributed by atoms with Crippen LogP contribution in [0, 0.1) is 11.8 Å². The average Bonchev–Trinajstić information content (AvgIpc) is 3.18. The largest absolute Gasteiger partial charge is 0.347 e. The molecule has 0 unspecified atom stereocenters. The van der Waals surface area contributed by atoms with Gasteiger partial charge in [-0.05, 0) is 25.7 Å². The van der Waals surface area contributed by atoms with Gasteiger partial charge in [0.25, 0.3) is 0 Å². The van der Waals surface area contributed by atoms with Crippen LogP contribution in [0.2, 0.25) is 0 Å². The van der Waals surface area contributed by atoms with Crippen LogP contribution in [-0.2, 0) is 9.47 Å². The lowest BCUT2D eigenvalue weighted by Crippen LogP contribution is -2.45. The molecule has 5 rings (SSSR count). The van der Waals surface area contributed by atoms with E-state index in [4.69, 9.17) is 9.47 Å². The highest BCUT2D eigenvalue weighted by molar-refractivity contribution is 8.00. The van der Waals surface area contributed by atoms with Crippen LogP contribution < -0.4 is 0 Å². The van der Waals surface area contributed by atoms with Gasteiger partial charge in [0.1, 0.15) is 0 Å². The summed E-state index contributed by atoms with van der Waals surface area (Å²) in [6.45, 7) is 1.59. The molecule has 1 spiro atoms. The fraction of sp³-hybridized carbons (Fsp3) is 0.765. The molecule has 114 valence electrons. The third-order valence-corrected chi connectivity index (χ3v) is 8.16. The van der Waals surface area contributed by atoms with E-state index in [-0.39, 0.29) is 5.79 Å². The van der Waals surface area contributed by atoms with Gasteiger partial charge in [0.05, 0.1) is 13.2 Å². The van der Waals surface area contributed by atoms with Crippen molar-refractivity contribution in [1.29, 1.82) is 0 Å². The first kappa shape index (κ1) is 13.5. The normalized spacial score (nSPS) is 37.7. The Labute approximate surface area is 135 Å². The molecule has 2 bridgehead atoms. The zero-order valence-corrected chi connectivity index (χ0v) is 14.0. The van der Waals surface area contributed by atoms with Crippen molar-refractivity contribution in [1.82, 2.24) is 0 Å². The Kier molecular flexibility index (Phi) is 3.25. The van der Waals surface area contributed by atoms with Crippen molar-refractivity contribution in [3.63, 3.8) is 0 Å². The molecule has 0 atom stereocenters. The molecular weight excluding hydrogens is 300 g/mol. The zero-order valence-electron chi connectivity index (χ0n) is 12.4. The van der Waals surface area contributed by atoms with E-state index in [0.29, 0.717) is 11.8 Å². The van der Waals surface area contributed by atoms with E-state index < -0.39 is 0 Å². The molecule has 0 N–H and O–H groups in total. The molecule has 0 saturated carbocycles. The zero-order chi connectivity index (χ0) is 13.9. The highest BCUT2D eigenvalue weighted by Crippen LogP contribution is 2.54. The van der Waals surface area contributed by atoms with Crippen molar-refractivity contribution < 1.29 is 9.47 Å². The van der Waals surface area contributed by atoms with Crippen molar-refractivity contribution in [3.8, 4) is 0 Å². The van der Waals surface area contributed by atoms with E-state index in [0.717, 1.165) is 13.2 Å². The summed E-state index contributed by atoms with van der Waals surface area (Å²) in [4.78, 5) is 0. The monoisotopic (exact) mass is 322 g/mol. The molecule has 3 heterocycles. The molecule has 0 radical (unpaired) electrons. The van der Waals surface area contributed by atoms with Crippen molar-refractivity contribution in [2.45, 2.75) is 31.5 Å². The van der Waals surface area contributed by atoms with Crippen molar-refractivity contribution in [2.75, 3.05) is 36.2 Å². The maximum Gasteiger partial charge on any atom is 0.175 e. The van der Waals surface area contributed by atoms with Gasteiger partial charge in [0.2, 0.25) is 0 Å². The molecule has 1 saturated heterocycles. The van der Waals surface area contributed by atoms with Crippen LogP contribution >= 0.6 is 23.5 Å². The van der Waals surface area contributed by atoms with Crippen LogP contribution in [-0.4, -0.2) is 42.0 Å². The van der Waals surface area contributed by atoms with Gasteiger partial charge in [-0.15, -0.1) is 0 Å². The molecule has 0 aromatic heterocycles. The minimum atomic E-state index is -0.260. The Bertz CT molecular complexity index is 457. The lowest BCUT2D eigenvalue weighted by Gasteiger charge is -2.39. The quantitative estimate of drug-likeness (QED) is 0.634. The lowest BCUT2D eigenvalue weighted by atomic mass is 9.82. The Balaban J connectivity index is 1.58. The van der Waals surface area contributed by atoms with Crippen LogP contribution in [0.25, 0.3) is 0 Å². The van der Waals surface area contributed by atoms with Crippen LogP contribution in [0.1, 0.15) is 25.7 Å². The van der Waals surface area contributed by atoms with Gasteiger partial charge >= 0.3 is 0 Å². The van der Waals surface area contributed by atoms with Crippen LogP contribution in [0.5, 0.6) is 0 Å². The standard InChI is InChI=1S/C17H22O2S2/c1-2-19-17(18-1)15-3-11-7-20-8-12(11)5-16(17)6-14-10-21-9-13(14)4-15/h15-16H,1-10H2. The first-order valence-corrected chi connectivity index (χ1v) is 10.5. The summed E-state index contributed by atoms with van der Waals surface area (Å²) in [6.07, 6.45) is 4.89. The maximum atomic E-state index is 6.35. The number of thioether (sulfide) groups is 2. The Morgan fingerprint density at radius 3 is 1.43 bits per heavy atom. The predicted octanol–water partition coefficient (Wildman–Crippen LogP) is 3.64. The van der Waals surface area contributed by atoms with Gasteiger partial charge in [-0.2, -0.15) is 23.5 Å². The maximum absolute atomic E-state index is 6.35. The van der Waals surface area contributed by atoms with Crippen molar-refractivity contribution in [3.05, 3.63) is 22.3 Å². The van der Waals surface area contributed by atoms with E-state index in [9.17, 15) is 0 Å². The second kappa shape index (κ2) is 5.05. The molecule has 0 aromatic carbocycles. The van der Waals surface area contributed by atoms with Gasteiger partial charge < -0.3 is 9.47 Å². The van der Waals surface area contributed by atoms with Gasteiger partial charge in [-0.1, -0.05) is 22.3 Å². The Hall–Kier alpha value is 0.1000. The van der Waals surface area contributed by atoms with Crippen LogP contribution in [0.15, 0.2) is 22.3 Å². The Morgan fingerprint density at radius 1 is 0.667 bits per heavy atom. The van der Waals surface area contributed by atoms with E-state index in [1.807, 2.05) is 0 Å². The second-order valence-corrected chi connectivity index (χ2v) is 9.00. The topological polar surface area (TPSA) is 18.5 Å². The summed E-state index contributed by atoms with van der Waals surface area (Å²) in [5, 5.41) is 0. The molecule has 0 amide bonds. The predicted molar refractivity (Wildman–Crippen MR) is 88.8 cm³/mol. The minimum absolute atomic E-state index is 0.260. The summed E-state index contributed by atoms with van der Waals surface area (Å²) in [7, 11) is 0. The van der Waals surface area contributed by atoms with Gasteiger partial charge in [0, 0.05) is 34.8 Å². The van der Waals surface area contributed by atoms with Crippen molar-refractivity contribution in [2.24, 2.45) is 11.8 Å². The van der Waals surface area contributed by atoms with Crippen LogP contribution in [0.3, 0.4) is 0 Å². The first-order valence-electron chi connectivity index (χ1n) is 8.18. The van der Waals surface area contributed by atoms with E-state index in [1.54, 1.807) is 22.3 Å². The summed E-state index contributed by atoms with van der Waals surface area (Å²) in [6, 6.07) is 0. The molecular formula is C17H22O2S2. The third kappa shape index (κ3) is 2.02. The fourth-order valence-electron chi connectivity index (χ4n) is 4.97. The number of rotatable bonds is 0. The lowest BCUT2D eigenvalue weighted by molar-refractivity contribution is -0.227. The fourth-order valence-corrected chi connectivity index (χ4v) is 7.45. The average molecular weight is 322 g/mol. The molecule has 1 fully saturated rings. The summed E-state index contributed by atoms with van der Waals surface area (Å²) in [5.41, 5.74) is 6.95. The molecule has 21 heavy (non-hydrogen) atoms. The SMILES string of the molecule is C1COC2(O1)C1CC3=C(CSC3)CC2CC2=C(CSC2)C1. The summed E-state index contributed by atoms with van der Waals surface area (Å²) in [5.74, 6) is 5.89. The third-order valence-electron chi connectivity index (χ3n) is 5.95. The number of ether oxygens (including phenoxy) is 2. The molecule has 2 aliphatic carbocycles. The van der Waals surface area contributed by atoms with Gasteiger partial charge in [0.15, 0.2) is 5.79 Å². The summed E-state index contributed by atoms with van der Waals surface area (Å²) < 4.78 is 12.7. The number of hydrogen-bond donors (Lipinski definition) is 0. The first-order chi connectivity index (χ1) is 10.4. The summed E-state index contributed by atoms with van der Waals surface area (Å²) >= 11 is 4.23. The molecule has 4 heteroatoms. The Morgan fingerprint density at radius 2 is 1.05 bits per heavy atom. The molecule has 2 nitrogen and oxygen atoms in total. The highest BCUT2D eigenvalue weighted by atomic mass is 32.2. The van der Waals surface area contributed by atoms with E-state index in [1.165, 1.54) is 48.7 Å². The minimum Gasteiger partial charge on any atom is -0.347 e. The van der Waals surface area contributed by atoms with Crippen LogP contribution in [0.4, 0.5) is 0 Å². The molecule has 0 aromatic rings. The number of hydrogen-bond acceptors (Lipinski definition) is 4. The van der Waals surface area contributed by atoms with Gasteiger partial charge in [-0.25, -0.2) is 0 Å². The molecule has 5 aliphatic rings. The molecule has 3 aliphatic heterocycles. The highest BCUT2D eigenvalue weighted by Gasteiger charge is 2.54. The van der Waals surface area contributed by atoms with E-state index in [2.05, 4.69) is 23.5 Å². The van der Waals surface area contributed by atoms with Crippen molar-refractivity contribution >= 4 is 23.5 Å².